The number of hydrogen-bond acceptors (Lipinski definition) is 4. The van der Waals surface area contributed by atoms with Crippen LogP contribution in [0.2, 0.25) is 0 Å². The molecule has 1 aliphatic heterocycles. The number of carbonyl (C=O) groups is 1. The summed E-state index contributed by atoms with van der Waals surface area (Å²) in [6.45, 7) is 1.57. The summed E-state index contributed by atoms with van der Waals surface area (Å²) in [6.07, 6.45) is 1.27. The van der Waals surface area contributed by atoms with Crippen LogP contribution in [0.5, 0.6) is 11.5 Å². The van der Waals surface area contributed by atoms with Crippen molar-refractivity contribution in [2.24, 2.45) is 0 Å². The first kappa shape index (κ1) is 18.3. The summed E-state index contributed by atoms with van der Waals surface area (Å²) in [5, 5.41) is 3.11. The summed E-state index contributed by atoms with van der Waals surface area (Å²) in [4.78, 5) is 13.3. The molecule has 138 valence electrons. The van der Waals surface area contributed by atoms with Gasteiger partial charge in [0.2, 0.25) is 5.91 Å². The molecule has 0 bridgehead atoms. The number of para-hydroxylation sites is 1. The molecule has 2 aromatic rings. The van der Waals surface area contributed by atoms with E-state index in [1.165, 1.54) is 0 Å². The van der Waals surface area contributed by atoms with E-state index in [1.807, 2.05) is 48.5 Å². The molecule has 0 aliphatic carbocycles. The quantitative estimate of drug-likeness (QED) is 0.865. The van der Waals surface area contributed by atoms with Gasteiger partial charge in [0.25, 0.3) is 0 Å². The maximum Gasteiger partial charge on any atom is 0.231 e. The first-order valence-electron chi connectivity index (χ1n) is 8.82. The summed E-state index contributed by atoms with van der Waals surface area (Å²) < 4.78 is 16.3. The molecule has 5 heteroatoms. The van der Waals surface area contributed by atoms with Crippen LogP contribution in [0.3, 0.4) is 0 Å². The Balaban J connectivity index is 1.84. The molecular formula is C21H25NO4. The van der Waals surface area contributed by atoms with Crippen LogP contribution < -0.4 is 14.8 Å². The highest BCUT2D eigenvalue weighted by Crippen LogP contribution is 2.40. The topological polar surface area (TPSA) is 56.8 Å². The lowest BCUT2D eigenvalue weighted by Crippen LogP contribution is -2.48. The number of methoxy groups -OCH3 is 2. The number of rotatable bonds is 6. The highest BCUT2D eigenvalue weighted by Gasteiger charge is 2.43. The third-order valence-electron chi connectivity index (χ3n) is 4.99. The van der Waals surface area contributed by atoms with Crippen LogP contribution >= 0.6 is 0 Å². The van der Waals surface area contributed by atoms with E-state index in [0.29, 0.717) is 32.6 Å². The number of hydrogen-bond donors (Lipinski definition) is 1. The fraction of sp³-hybridized carbons (Fsp3) is 0.381. The molecule has 2 aromatic carbocycles. The van der Waals surface area contributed by atoms with E-state index in [1.54, 1.807) is 14.2 Å². The third-order valence-corrected chi connectivity index (χ3v) is 4.99. The van der Waals surface area contributed by atoms with Crippen LogP contribution in [-0.2, 0) is 21.5 Å². The van der Waals surface area contributed by atoms with Gasteiger partial charge in [-0.3, -0.25) is 4.79 Å². The van der Waals surface area contributed by atoms with E-state index < -0.39 is 5.41 Å². The Labute approximate surface area is 154 Å². The van der Waals surface area contributed by atoms with Crippen LogP contribution in [0.1, 0.15) is 24.0 Å². The maximum absolute atomic E-state index is 13.3. The molecule has 0 radical (unpaired) electrons. The molecule has 0 unspecified atom stereocenters. The molecule has 0 atom stereocenters. The largest absolute Gasteiger partial charge is 0.497 e. The Morgan fingerprint density at radius 3 is 2.58 bits per heavy atom. The first-order chi connectivity index (χ1) is 12.7. The minimum Gasteiger partial charge on any atom is -0.497 e. The fourth-order valence-corrected chi connectivity index (χ4v) is 3.51. The molecule has 1 amide bonds. The molecule has 1 aliphatic rings. The lowest BCUT2D eigenvalue weighted by Gasteiger charge is -2.37. The van der Waals surface area contributed by atoms with Gasteiger partial charge in [-0.05, 0) is 36.6 Å². The lowest BCUT2D eigenvalue weighted by molar-refractivity contribution is -0.130. The van der Waals surface area contributed by atoms with Crippen molar-refractivity contribution in [1.29, 1.82) is 0 Å². The highest BCUT2D eigenvalue weighted by atomic mass is 16.5. The van der Waals surface area contributed by atoms with Crippen molar-refractivity contribution < 1.29 is 19.0 Å². The molecule has 0 spiro atoms. The smallest absolute Gasteiger partial charge is 0.231 e. The van der Waals surface area contributed by atoms with Crippen molar-refractivity contribution >= 4 is 5.91 Å². The molecule has 26 heavy (non-hydrogen) atoms. The summed E-state index contributed by atoms with van der Waals surface area (Å²) >= 11 is 0. The molecule has 1 fully saturated rings. The van der Waals surface area contributed by atoms with Gasteiger partial charge in [0.1, 0.15) is 11.5 Å². The van der Waals surface area contributed by atoms with E-state index in [0.717, 1.165) is 22.6 Å². The molecular weight excluding hydrogens is 330 g/mol. The van der Waals surface area contributed by atoms with Crippen molar-refractivity contribution in [2.45, 2.75) is 24.8 Å². The summed E-state index contributed by atoms with van der Waals surface area (Å²) in [5.41, 5.74) is 1.29. The van der Waals surface area contributed by atoms with E-state index in [-0.39, 0.29) is 5.91 Å². The normalized spacial score (nSPS) is 15.9. The van der Waals surface area contributed by atoms with Gasteiger partial charge >= 0.3 is 0 Å². The zero-order valence-corrected chi connectivity index (χ0v) is 15.3. The Kier molecular flexibility index (Phi) is 5.78. The first-order valence-corrected chi connectivity index (χ1v) is 8.82. The number of ether oxygens (including phenoxy) is 3. The van der Waals surface area contributed by atoms with E-state index in [4.69, 9.17) is 14.2 Å². The number of amides is 1. The van der Waals surface area contributed by atoms with Gasteiger partial charge in [-0.2, -0.15) is 0 Å². The molecule has 3 rings (SSSR count). The number of nitrogens with one attached hydrogen (secondary N) is 1. The Morgan fingerprint density at radius 2 is 1.85 bits per heavy atom. The highest BCUT2D eigenvalue weighted by molar-refractivity contribution is 5.89. The fourth-order valence-electron chi connectivity index (χ4n) is 3.51. The van der Waals surface area contributed by atoms with Crippen LogP contribution in [0.4, 0.5) is 0 Å². The average Bonchev–Trinajstić information content (AvgIpc) is 2.72. The molecule has 0 saturated carbocycles. The predicted molar refractivity (Wildman–Crippen MR) is 99.6 cm³/mol. The minimum atomic E-state index is -0.635. The second kappa shape index (κ2) is 8.23. The Hall–Kier alpha value is -2.53. The average molecular weight is 355 g/mol. The number of benzene rings is 2. The Morgan fingerprint density at radius 1 is 1.08 bits per heavy atom. The standard InChI is InChI=1S/C21H25NO4/c1-24-17-7-5-6-16(14-17)15-22-20(23)21(10-12-26-13-11-21)18-8-3-4-9-19(18)25-2/h3-9,14H,10-13,15H2,1-2H3,(H,22,23). The van der Waals surface area contributed by atoms with Crippen molar-refractivity contribution in [3.63, 3.8) is 0 Å². The summed E-state index contributed by atoms with van der Waals surface area (Å²) in [5.74, 6) is 1.53. The molecule has 1 N–H and O–H groups in total. The number of carbonyl (C=O) groups excluding carboxylic acids is 1. The van der Waals surface area contributed by atoms with Crippen LogP contribution in [0, 0.1) is 0 Å². The van der Waals surface area contributed by atoms with Crippen molar-refractivity contribution in [3.05, 3.63) is 59.7 Å². The van der Waals surface area contributed by atoms with Crippen LogP contribution in [0.25, 0.3) is 0 Å². The van der Waals surface area contributed by atoms with Crippen molar-refractivity contribution in [2.75, 3.05) is 27.4 Å². The third kappa shape index (κ3) is 3.68. The van der Waals surface area contributed by atoms with Gasteiger partial charge in [-0.15, -0.1) is 0 Å². The predicted octanol–water partition coefficient (Wildman–Crippen LogP) is 3.07. The summed E-state index contributed by atoms with van der Waals surface area (Å²) in [6, 6.07) is 15.5. The lowest BCUT2D eigenvalue weighted by atomic mass is 9.73. The zero-order valence-electron chi connectivity index (χ0n) is 15.3. The van der Waals surface area contributed by atoms with Crippen molar-refractivity contribution in [1.82, 2.24) is 5.32 Å². The van der Waals surface area contributed by atoms with E-state index in [2.05, 4.69) is 5.32 Å². The van der Waals surface area contributed by atoms with Gasteiger partial charge in [0.15, 0.2) is 0 Å². The van der Waals surface area contributed by atoms with E-state index >= 15 is 0 Å². The van der Waals surface area contributed by atoms with Crippen molar-refractivity contribution in [3.8, 4) is 11.5 Å². The van der Waals surface area contributed by atoms with Gasteiger partial charge in [-0.25, -0.2) is 0 Å². The molecule has 1 heterocycles. The molecule has 0 aromatic heterocycles. The van der Waals surface area contributed by atoms with Crippen LogP contribution in [-0.4, -0.2) is 33.3 Å². The SMILES string of the molecule is COc1cccc(CNC(=O)C2(c3ccccc3OC)CCOCC2)c1. The van der Waals surface area contributed by atoms with E-state index in [9.17, 15) is 4.79 Å². The van der Waals surface area contributed by atoms with Gasteiger partial charge in [0.05, 0.1) is 19.6 Å². The minimum absolute atomic E-state index is 0.00752. The molecule has 1 saturated heterocycles. The van der Waals surface area contributed by atoms with Gasteiger partial charge in [0, 0.05) is 25.3 Å². The maximum atomic E-state index is 13.3. The van der Waals surface area contributed by atoms with Gasteiger partial charge in [-0.1, -0.05) is 30.3 Å². The molecule has 5 nitrogen and oxygen atoms in total. The zero-order chi connectivity index (χ0) is 18.4. The van der Waals surface area contributed by atoms with Crippen LogP contribution in [0.15, 0.2) is 48.5 Å². The summed E-state index contributed by atoms with van der Waals surface area (Å²) in [7, 11) is 3.27. The van der Waals surface area contributed by atoms with Gasteiger partial charge < -0.3 is 19.5 Å². The second-order valence-electron chi connectivity index (χ2n) is 6.43. The Bertz CT molecular complexity index is 753. The monoisotopic (exact) mass is 355 g/mol. The second-order valence-corrected chi connectivity index (χ2v) is 6.43.